The van der Waals surface area contributed by atoms with Crippen molar-refractivity contribution in [3.05, 3.63) is 45.2 Å². The fraction of sp³-hybridized carbons (Fsp3) is 0.611. The number of unbranched alkanes of at least 4 members (excludes halogenated alkanes) is 2. The Kier molecular flexibility index (Phi) is 10.1. The van der Waals surface area contributed by atoms with E-state index in [4.69, 9.17) is 18.4 Å². The minimum atomic E-state index is -2.96. The fourth-order valence-electron chi connectivity index (χ4n) is 7.18. The van der Waals surface area contributed by atoms with E-state index in [0.717, 1.165) is 12.8 Å². The molecule has 268 valence electrons. The van der Waals surface area contributed by atoms with E-state index < -0.39 is 71.4 Å². The van der Waals surface area contributed by atoms with Gasteiger partial charge in [-0.05, 0) is 69.0 Å². The van der Waals surface area contributed by atoms with Crippen molar-refractivity contribution in [3.8, 4) is 11.6 Å². The molecule has 10 nitrogen and oxygen atoms in total. The van der Waals surface area contributed by atoms with Gasteiger partial charge in [0.1, 0.15) is 17.1 Å². The number of hydrogen-bond acceptors (Lipinski definition) is 10. The van der Waals surface area contributed by atoms with Gasteiger partial charge in [-0.2, -0.15) is 0 Å². The monoisotopic (exact) mass is 702 g/mol. The van der Waals surface area contributed by atoms with Crippen molar-refractivity contribution in [1.29, 1.82) is 0 Å². The number of rotatable bonds is 12. The summed E-state index contributed by atoms with van der Waals surface area (Å²) in [6.07, 6.45) is 2.85. The summed E-state index contributed by atoms with van der Waals surface area (Å²) in [6.45, 7) is 14.1. The van der Waals surface area contributed by atoms with E-state index in [2.05, 4.69) is 5.16 Å². The van der Waals surface area contributed by atoms with Gasteiger partial charge < -0.3 is 23.5 Å². The Morgan fingerprint density at radius 1 is 1.04 bits per heavy atom. The predicted octanol–water partition coefficient (Wildman–Crippen LogP) is 7.41. The quantitative estimate of drug-likeness (QED) is 0.103. The van der Waals surface area contributed by atoms with E-state index in [0.29, 0.717) is 12.8 Å². The van der Waals surface area contributed by atoms with Crippen LogP contribution < -0.4 is 9.47 Å². The van der Waals surface area contributed by atoms with E-state index in [-0.39, 0.29) is 72.0 Å². The summed E-state index contributed by atoms with van der Waals surface area (Å²) >= 11 is 0. The van der Waals surface area contributed by atoms with Crippen LogP contribution in [0.4, 0.5) is 8.78 Å². The highest BCUT2D eigenvalue weighted by Crippen LogP contribution is 2.59. The maximum Gasteiger partial charge on any atom is 0.265 e. The Morgan fingerprint density at radius 2 is 1.67 bits per heavy atom. The topological polar surface area (TPSA) is 128 Å². The number of halogens is 2. The molecule has 0 amide bonds. The van der Waals surface area contributed by atoms with E-state index in [1.807, 2.05) is 52.6 Å². The first-order valence-electron chi connectivity index (χ1n) is 17.1. The highest BCUT2D eigenvalue weighted by Gasteiger charge is 2.69. The van der Waals surface area contributed by atoms with Crippen molar-refractivity contribution < 1.29 is 46.7 Å². The van der Waals surface area contributed by atoms with Gasteiger partial charge in [0, 0.05) is 17.1 Å². The van der Waals surface area contributed by atoms with E-state index in [9.17, 15) is 9.90 Å². The maximum atomic E-state index is 15.8. The molecule has 0 aliphatic heterocycles. The summed E-state index contributed by atoms with van der Waals surface area (Å²) < 4.78 is 55.8. The van der Waals surface area contributed by atoms with Crippen LogP contribution in [-0.4, -0.2) is 74.2 Å². The highest BCUT2D eigenvalue weighted by atomic mass is 28.4. The van der Waals surface area contributed by atoms with Crippen LogP contribution in [0.1, 0.15) is 110 Å². The first-order chi connectivity index (χ1) is 23.0. The largest absolute Gasteiger partial charge is 0.507 e. The Morgan fingerprint density at radius 3 is 2.24 bits per heavy atom. The molecule has 1 heterocycles. The molecule has 2 aromatic rings. The Bertz CT molecular complexity index is 1690. The summed E-state index contributed by atoms with van der Waals surface area (Å²) in [5.41, 5.74) is -3.37. The number of nitrogens with zero attached hydrogens (tertiary/aromatic N) is 2. The highest BCUT2D eigenvalue weighted by molar-refractivity contribution is 6.74. The summed E-state index contributed by atoms with van der Waals surface area (Å²) in [4.78, 5) is 44.4. The zero-order valence-corrected chi connectivity index (χ0v) is 30.9. The average molecular weight is 703 g/mol. The molecule has 13 heteroatoms. The summed E-state index contributed by atoms with van der Waals surface area (Å²) in [5, 5.41) is 15.7. The first kappa shape index (κ1) is 36.8. The Labute approximate surface area is 287 Å². The number of aliphatic hydroxyl groups is 1. The number of fused-ring (bicyclic) bond motifs is 4. The number of aliphatic hydroxyl groups excluding tert-OH is 1. The van der Waals surface area contributed by atoms with Gasteiger partial charge in [-0.25, -0.2) is 8.78 Å². The van der Waals surface area contributed by atoms with E-state index in [1.165, 1.54) is 0 Å². The number of aromatic nitrogens is 1. The number of ether oxygens (including phenoxy) is 2. The lowest BCUT2D eigenvalue weighted by atomic mass is 9.57. The molecule has 1 aromatic carbocycles. The predicted molar refractivity (Wildman–Crippen MR) is 181 cm³/mol. The molecular weight excluding hydrogens is 654 g/mol. The van der Waals surface area contributed by atoms with Crippen LogP contribution >= 0.6 is 0 Å². The van der Waals surface area contributed by atoms with Gasteiger partial charge in [0.15, 0.2) is 37.6 Å². The molecule has 0 saturated heterocycles. The molecular formula is C36H48F2N2O8Si. The SMILES string of the molecule is CCCCOc1noc2c1C(=O)[C@@]1(O[Si](C)(C)C(C)(C)C)C(=O)C3=C(O)c4c(c(F)c(F)c(C=O)c4OCCCC)C[C@H]3C[C@H]1[C@@H]2N(C)C. The van der Waals surface area contributed by atoms with Gasteiger partial charge in [-0.1, -0.05) is 47.5 Å². The van der Waals surface area contributed by atoms with Gasteiger partial charge in [-0.3, -0.25) is 19.3 Å². The minimum absolute atomic E-state index is 0.0211. The molecule has 3 aliphatic carbocycles. The lowest BCUT2D eigenvalue weighted by Gasteiger charge is -2.55. The van der Waals surface area contributed by atoms with Crippen molar-refractivity contribution in [2.24, 2.45) is 11.8 Å². The third-order valence-electron chi connectivity index (χ3n) is 10.7. The molecule has 0 bridgehead atoms. The van der Waals surface area contributed by atoms with Gasteiger partial charge >= 0.3 is 0 Å². The zero-order valence-electron chi connectivity index (χ0n) is 29.9. The van der Waals surface area contributed by atoms with Crippen LogP contribution in [0, 0.1) is 23.5 Å². The normalized spacial score (nSPS) is 23.6. The lowest BCUT2D eigenvalue weighted by Crippen LogP contribution is -2.68. The average Bonchev–Trinajstić information content (AvgIpc) is 3.43. The number of Topliss-reactive ketones (excluding diaryl/α,β-unsaturated/α-hetero) is 2. The van der Waals surface area contributed by atoms with Crippen LogP contribution in [0.15, 0.2) is 10.1 Å². The standard InChI is InChI=1S/C36H48F2N2O8Si/c1-10-12-14-45-30-21(18-41)27(38)26(37)20-16-19-17-22-28(40(6)7)31-25(34(39-47-31)46-15-13-11-2)33(44)36(22,48-49(8,9)35(3,4)5)32(43)23(19)29(42)24(20)30/h18-19,22,28,42H,10-17H2,1-9H3/t19-,22-,28-,36-/m0/s1. The van der Waals surface area contributed by atoms with Crippen molar-refractivity contribution in [3.63, 3.8) is 0 Å². The van der Waals surface area contributed by atoms with Gasteiger partial charge in [0.05, 0.1) is 30.4 Å². The molecule has 4 atom stereocenters. The number of benzene rings is 1. The number of carbonyl (C=O) groups excluding carboxylic acids is 3. The third-order valence-corrected chi connectivity index (χ3v) is 15.2. The summed E-state index contributed by atoms with van der Waals surface area (Å²) in [7, 11) is 0.627. The molecule has 0 unspecified atom stereocenters. The van der Waals surface area contributed by atoms with Crippen molar-refractivity contribution in [2.45, 2.75) is 103 Å². The number of aldehydes is 1. The molecule has 1 fully saturated rings. The van der Waals surface area contributed by atoms with Gasteiger partial charge in [-0.15, -0.1) is 0 Å². The molecule has 0 spiro atoms. The van der Waals surface area contributed by atoms with Crippen LogP contribution in [0.5, 0.6) is 11.6 Å². The number of hydrogen-bond donors (Lipinski definition) is 1. The first-order valence-corrected chi connectivity index (χ1v) is 20.0. The van der Waals surface area contributed by atoms with Crippen molar-refractivity contribution >= 4 is 31.9 Å². The molecule has 3 aliphatic rings. The minimum Gasteiger partial charge on any atom is -0.507 e. The molecule has 1 saturated carbocycles. The van der Waals surface area contributed by atoms with Crippen LogP contribution in [0.3, 0.4) is 0 Å². The van der Waals surface area contributed by atoms with Crippen LogP contribution in [0.25, 0.3) is 5.76 Å². The summed E-state index contributed by atoms with van der Waals surface area (Å²) in [5.74, 6) is -6.54. The second kappa shape index (κ2) is 13.4. The summed E-state index contributed by atoms with van der Waals surface area (Å²) in [6, 6.07) is -0.700. The molecule has 5 rings (SSSR count). The van der Waals surface area contributed by atoms with Crippen molar-refractivity contribution in [2.75, 3.05) is 27.3 Å². The van der Waals surface area contributed by atoms with Gasteiger partial charge in [0.2, 0.25) is 11.6 Å². The van der Waals surface area contributed by atoms with Crippen LogP contribution in [-0.2, 0) is 15.6 Å². The van der Waals surface area contributed by atoms with Gasteiger partial charge in [0.25, 0.3) is 5.88 Å². The van der Waals surface area contributed by atoms with E-state index >= 15 is 18.4 Å². The number of ketones is 2. The smallest absolute Gasteiger partial charge is 0.265 e. The fourth-order valence-corrected chi connectivity index (χ4v) is 8.63. The molecule has 0 radical (unpaired) electrons. The zero-order chi connectivity index (χ0) is 36.2. The molecule has 49 heavy (non-hydrogen) atoms. The van der Waals surface area contributed by atoms with Crippen LogP contribution in [0.2, 0.25) is 18.1 Å². The van der Waals surface area contributed by atoms with E-state index in [1.54, 1.807) is 14.1 Å². The Balaban J connectivity index is 1.81. The lowest BCUT2D eigenvalue weighted by molar-refractivity contribution is -0.140. The second-order valence-electron chi connectivity index (χ2n) is 15.1. The molecule has 1 N–H and O–H groups in total. The maximum absolute atomic E-state index is 15.8. The number of carbonyl (C=O) groups is 3. The molecule has 1 aromatic heterocycles. The third kappa shape index (κ3) is 5.75. The Hall–Kier alpha value is -3.42. The second-order valence-corrected chi connectivity index (χ2v) is 19.9. The van der Waals surface area contributed by atoms with Crippen molar-refractivity contribution in [1.82, 2.24) is 10.1 Å².